The van der Waals surface area contributed by atoms with E-state index in [2.05, 4.69) is 11.3 Å². The molecular weight excluding hydrogens is 624 g/mol. The molecule has 266 valence electrons. The molecule has 0 aromatic rings. The molecule has 18 nitrogen and oxygen atoms in total. The highest BCUT2D eigenvalue weighted by Gasteiger charge is 2.44. The van der Waals surface area contributed by atoms with E-state index in [0.29, 0.717) is 6.42 Å². The van der Waals surface area contributed by atoms with Crippen LogP contribution in [0.1, 0.15) is 34.1 Å². The van der Waals surface area contributed by atoms with Crippen molar-refractivity contribution in [2.75, 3.05) is 26.4 Å². The van der Waals surface area contributed by atoms with Crippen LogP contribution in [0.15, 0.2) is 12.7 Å². The number of aliphatic hydroxyl groups is 8. The normalized spacial score (nSPS) is 32.8. The number of hydrogen-bond donors (Lipinski definition) is 8. The van der Waals surface area contributed by atoms with Crippen molar-refractivity contribution in [1.82, 2.24) is 0 Å². The van der Waals surface area contributed by atoms with Crippen molar-refractivity contribution in [3.8, 4) is 0 Å². The molecule has 0 amide bonds. The molecule has 8 N–H and O–H groups in total. The van der Waals surface area contributed by atoms with Crippen LogP contribution in [0.4, 0.5) is 0 Å². The van der Waals surface area contributed by atoms with E-state index in [4.69, 9.17) is 23.7 Å². The molecule has 0 aliphatic carbocycles. The molecule has 2 aliphatic heterocycles. The Morgan fingerprint density at radius 1 is 0.609 bits per heavy atom. The van der Waals surface area contributed by atoms with E-state index in [1.807, 2.05) is 6.92 Å². The van der Waals surface area contributed by atoms with Crippen molar-refractivity contribution >= 4 is 23.9 Å². The molecule has 0 radical (unpaired) electrons. The minimum Gasteiger partial charge on any atom is -0.465 e. The van der Waals surface area contributed by atoms with Crippen molar-refractivity contribution in [2.45, 2.75) is 95.5 Å². The SMILES string of the molecule is C=CC(=O)OCC(C)C(=O)OCC1OC(O)C(O)C(O)C1O.CCC(C)C(=O)OCC(C)C(=O)OCC1OC(O)C(O)C(O)C1O. The van der Waals surface area contributed by atoms with E-state index in [-0.39, 0.29) is 19.1 Å². The van der Waals surface area contributed by atoms with Gasteiger partial charge in [0.25, 0.3) is 0 Å². The van der Waals surface area contributed by atoms with Crippen LogP contribution in [0, 0.1) is 17.8 Å². The molecular formula is C28H46O18. The van der Waals surface area contributed by atoms with Crippen LogP contribution in [0.3, 0.4) is 0 Å². The molecule has 0 bridgehead atoms. The predicted octanol–water partition coefficient (Wildman–Crippen LogP) is -3.75. The number of esters is 4. The Bertz CT molecular complexity index is 992. The molecule has 46 heavy (non-hydrogen) atoms. The second-order valence-corrected chi connectivity index (χ2v) is 10.9. The van der Waals surface area contributed by atoms with Gasteiger partial charge in [-0.05, 0) is 20.3 Å². The van der Waals surface area contributed by atoms with Crippen LogP contribution in [0.2, 0.25) is 0 Å². The second-order valence-electron chi connectivity index (χ2n) is 10.9. The summed E-state index contributed by atoms with van der Waals surface area (Å²) in [7, 11) is 0. The lowest BCUT2D eigenvalue weighted by atomic mass is 9.99. The third-order valence-corrected chi connectivity index (χ3v) is 7.09. The van der Waals surface area contributed by atoms with E-state index in [9.17, 15) is 60.0 Å². The molecule has 13 atom stereocenters. The summed E-state index contributed by atoms with van der Waals surface area (Å²) >= 11 is 0. The quantitative estimate of drug-likeness (QED) is 0.0530. The maximum atomic E-state index is 11.8. The smallest absolute Gasteiger partial charge is 0.330 e. The number of aliphatic hydroxyl groups excluding tert-OH is 8. The maximum absolute atomic E-state index is 11.8. The van der Waals surface area contributed by atoms with Crippen molar-refractivity contribution in [3.63, 3.8) is 0 Å². The predicted molar refractivity (Wildman–Crippen MR) is 150 cm³/mol. The van der Waals surface area contributed by atoms with Gasteiger partial charge >= 0.3 is 23.9 Å². The number of hydrogen-bond acceptors (Lipinski definition) is 18. The fourth-order valence-electron chi connectivity index (χ4n) is 3.67. The van der Waals surface area contributed by atoms with E-state index < -0.39 is 110 Å². The van der Waals surface area contributed by atoms with E-state index in [0.717, 1.165) is 6.08 Å². The first-order valence-electron chi connectivity index (χ1n) is 14.5. The Morgan fingerprint density at radius 2 is 0.978 bits per heavy atom. The third kappa shape index (κ3) is 12.4. The minimum absolute atomic E-state index is 0.139. The first kappa shape index (κ1) is 41.2. The molecule has 0 saturated carbocycles. The maximum Gasteiger partial charge on any atom is 0.330 e. The Kier molecular flexibility index (Phi) is 17.7. The summed E-state index contributed by atoms with van der Waals surface area (Å²) in [5.41, 5.74) is 0. The molecule has 2 saturated heterocycles. The van der Waals surface area contributed by atoms with Gasteiger partial charge in [0.15, 0.2) is 12.6 Å². The molecule has 2 rings (SSSR count). The van der Waals surface area contributed by atoms with Crippen molar-refractivity contribution < 1.29 is 88.5 Å². The fraction of sp³-hybridized carbons (Fsp3) is 0.786. The highest BCUT2D eigenvalue weighted by atomic mass is 16.7. The minimum atomic E-state index is -1.70. The van der Waals surface area contributed by atoms with Gasteiger partial charge in [-0.1, -0.05) is 20.4 Å². The fourth-order valence-corrected chi connectivity index (χ4v) is 3.67. The van der Waals surface area contributed by atoms with Gasteiger partial charge < -0.3 is 69.3 Å². The summed E-state index contributed by atoms with van der Waals surface area (Å²) in [6.07, 6.45) is -13.8. The summed E-state index contributed by atoms with van der Waals surface area (Å²) in [6.45, 7) is 8.53. The summed E-state index contributed by atoms with van der Waals surface area (Å²) in [5.74, 6) is -4.22. The van der Waals surface area contributed by atoms with Crippen LogP contribution in [-0.2, 0) is 47.6 Å². The molecule has 18 heteroatoms. The average Bonchev–Trinajstić information content (AvgIpc) is 3.05. The Hall–Kier alpha value is -2.78. The summed E-state index contributed by atoms with van der Waals surface area (Å²) < 4.78 is 29.2. The average molecular weight is 671 g/mol. The Balaban J connectivity index is 0.000000462. The lowest BCUT2D eigenvalue weighted by Crippen LogP contribution is -2.58. The first-order chi connectivity index (χ1) is 21.5. The zero-order valence-corrected chi connectivity index (χ0v) is 26.0. The number of ether oxygens (including phenoxy) is 6. The van der Waals surface area contributed by atoms with Crippen LogP contribution in [-0.4, -0.2) is 153 Å². The Labute approximate surface area is 265 Å². The van der Waals surface area contributed by atoms with E-state index >= 15 is 0 Å². The third-order valence-electron chi connectivity index (χ3n) is 7.09. The molecule has 13 unspecified atom stereocenters. The zero-order valence-electron chi connectivity index (χ0n) is 26.0. The van der Waals surface area contributed by atoms with Gasteiger partial charge in [-0.3, -0.25) is 14.4 Å². The molecule has 2 heterocycles. The summed E-state index contributed by atoms with van der Waals surface area (Å²) in [4.78, 5) is 45.9. The van der Waals surface area contributed by atoms with Gasteiger partial charge in [0.05, 0.1) is 17.8 Å². The van der Waals surface area contributed by atoms with Gasteiger partial charge in [-0.15, -0.1) is 0 Å². The number of carbonyl (C=O) groups is 4. The number of carbonyl (C=O) groups excluding carboxylic acids is 4. The van der Waals surface area contributed by atoms with Gasteiger partial charge in [0, 0.05) is 6.08 Å². The largest absolute Gasteiger partial charge is 0.465 e. The van der Waals surface area contributed by atoms with Gasteiger partial charge in [0.1, 0.15) is 75.3 Å². The molecule has 0 aromatic heterocycles. The standard InChI is InChI=1S/C15H26O9.C13H20O9/c1-4-7(2)13(19)22-5-8(3)14(20)23-6-9-10(16)11(17)12(18)15(21)24-9;1-3-8(14)20-4-6(2)12(18)21-5-7-9(15)10(16)11(17)13(19)22-7/h7-12,15-18,21H,4-6H2,1-3H3;3,6-7,9-11,13,15-17,19H,1,4-5H2,2H3. The van der Waals surface area contributed by atoms with Crippen LogP contribution >= 0.6 is 0 Å². The van der Waals surface area contributed by atoms with Crippen molar-refractivity contribution in [1.29, 1.82) is 0 Å². The lowest BCUT2D eigenvalue weighted by molar-refractivity contribution is -0.287. The van der Waals surface area contributed by atoms with Gasteiger partial charge in [0.2, 0.25) is 0 Å². The van der Waals surface area contributed by atoms with Crippen LogP contribution in [0.5, 0.6) is 0 Å². The summed E-state index contributed by atoms with van der Waals surface area (Å²) in [6, 6.07) is 0. The van der Waals surface area contributed by atoms with Crippen molar-refractivity contribution in [2.24, 2.45) is 17.8 Å². The second kappa shape index (κ2) is 19.8. The highest BCUT2D eigenvalue weighted by molar-refractivity contribution is 5.81. The number of rotatable bonds is 13. The zero-order chi connectivity index (χ0) is 35.3. The van der Waals surface area contributed by atoms with Crippen LogP contribution in [0.25, 0.3) is 0 Å². The molecule has 0 spiro atoms. The first-order valence-corrected chi connectivity index (χ1v) is 14.5. The molecule has 2 aliphatic rings. The lowest BCUT2D eigenvalue weighted by Gasteiger charge is -2.37. The highest BCUT2D eigenvalue weighted by Crippen LogP contribution is 2.21. The van der Waals surface area contributed by atoms with E-state index in [1.165, 1.54) is 13.8 Å². The van der Waals surface area contributed by atoms with Crippen molar-refractivity contribution in [3.05, 3.63) is 12.7 Å². The van der Waals surface area contributed by atoms with E-state index in [1.54, 1.807) is 6.92 Å². The topological polar surface area (TPSA) is 286 Å². The summed E-state index contributed by atoms with van der Waals surface area (Å²) in [5, 5.41) is 75.8. The molecule has 2 fully saturated rings. The van der Waals surface area contributed by atoms with Gasteiger partial charge in [-0.25, -0.2) is 4.79 Å². The van der Waals surface area contributed by atoms with Gasteiger partial charge in [-0.2, -0.15) is 0 Å². The monoisotopic (exact) mass is 670 g/mol. The molecule has 0 aromatic carbocycles. The van der Waals surface area contributed by atoms with Crippen LogP contribution < -0.4 is 0 Å². The Morgan fingerprint density at radius 3 is 1.35 bits per heavy atom.